The van der Waals surface area contributed by atoms with E-state index < -0.39 is 12.2 Å². The van der Waals surface area contributed by atoms with Crippen LogP contribution in [0.1, 0.15) is 50.4 Å². The van der Waals surface area contributed by atoms with Crippen LogP contribution < -0.4 is 9.80 Å². The van der Waals surface area contributed by atoms with Crippen LogP contribution in [-0.2, 0) is 9.53 Å². The van der Waals surface area contributed by atoms with E-state index in [1.54, 1.807) is 21.9 Å². The van der Waals surface area contributed by atoms with E-state index in [9.17, 15) is 19.5 Å². The molecule has 2 atom stereocenters. The van der Waals surface area contributed by atoms with Gasteiger partial charge in [0.15, 0.2) is 0 Å². The van der Waals surface area contributed by atoms with E-state index in [-0.39, 0.29) is 29.9 Å². The average molecular weight is 492 g/mol. The number of carbonyl (C=O) groups excluding carboxylic acids is 3. The van der Waals surface area contributed by atoms with Crippen LogP contribution in [-0.4, -0.2) is 65.8 Å². The molecule has 2 aliphatic heterocycles. The fourth-order valence-electron chi connectivity index (χ4n) is 5.02. The molecule has 1 saturated carbocycles. The van der Waals surface area contributed by atoms with Gasteiger partial charge in [0, 0.05) is 31.1 Å². The second-order valence-corrected chi connectivity index (χ2v) is 10.3. The van der Waals surface area contributed by atoms with Crippen LogP contribution in [0.25, 0.3) is 11.1 Å². The fourth-order valence-corrected chi connectivity index (χ4v) is 5.02. The molecule has 1 aliphatic carbocycles. The number of hydrogen-bond acceptors (Lipinski definition) is 5. The summed E-state index contributed by atoms with van der Waals surface area (Å²) >= 11 is 0. The first-order chi connectivity index (χ1) is 17.2. The molecule has 8 heteroatoms. The number of likely N-dealkylation sites (tertiary alicyclic amines) is 1. The minimum Gasteiger partial charge on any atom is -0.446 e. The van der Waals surface area contributed by atoms with Crippen molar-refractivity contribution in [2.45, 2.75) is 58.3 Å². The highest BCUT2D eigenvalue weighted by atomic mass is 16.6. The average Bonchev–Trinajstić information content (AvgIpc) is 3.62. The number of hydrogen-bond donors (Lipinski definition) is 1. The van der Waals surface area contributed by atoms with E-state index in [1.807, 2.05) is 56.0 Å². The molecule has 2 aromatic rings. The molecule has 1 N–H and O–H groups in total. The molecule has 2 fully saturated rings. The van der Waals surface area contributed by atoms with Crippen LogP contribution in [0, 0.1) is 5.92 Å². The zero-order valence-corrected chi connectivity index (χ0v) is 21.0. The smallest absolute Gasteiger partial charge is 0.414 e. The molecule has 36 heavy (non-hydrogen) atoms. The number of ether oxygens (including phenoxy) is 1. The lowest BCUT2D eigenvalue weighted by Crippen LogP contribution is -2.52. The number of carbonyl (C=O) groups is 3. The lowest BCUT2D eigenvalue weighted by molar-refractivity contribution is -0.120. The highest BCUT2D eigenvalue weighted by Crippen LogP contribution is 2.42. The third kappa shape index (κ3) is 4.69. The second-order valence-electron chi connectivity index (χ2n) is 10.3. The number of β-amino-alcohol motifs (C(OH)–C–C–N with tert-alkyl or cyclic N) is 1. The highest BCUT2D eigenvalue weighted by molar-refractivity contribution is 6.05. The van der Waals surface area contributed by atoms with Crippen molar-refractivity contribution in [3.05, 3.63) is 48.0 Å². The van der Waals surface area contributed by atoms with Gasteiger partial charge in [-0.25, -0.2) is 4.79 Å². The standard InChI is InChI=1S/C28H33N3O5/c1-17(2)36-28(35)30-15-18(3)31(27(34)21-8-9-21)24-11-10-22(14-25(24)30)19-4-6-20(7-5-19)26(33)29-13-12-23(32)16-29/h4-7,10-11,14,17-18,21,23,32H,8-9,12-13,15-16H2,1-3H3/t18-,23-/m0/s1. The van der Waals surface area contributed by atoms with E-state index in [2.05, 4.69) is 0 Å². The molecule has 0 aromatic heterocycles. The van der Waals surface area contributed by atoms with Crippen molar-refractivity contribution in [2.75, 3.05) is 29.4 Å². The minimum absolute atomic E-state index is 0.0657. The normalized spacial score (nSPS) is 21.5. The zero-order chi connectivity index (χ0) is 25.6. The molecule has 1 saturated heterocycles. The van der Waals surface area contributed by atoms with Crippen LogP contribution in [0.3, 0.4) is 0 Å². The molecule has 8 nitrogen and oxygen atoms in total. The maximum absolute atomic E-state index is 13.1. The summed E-state index contributed by atoms with van der Waals surface area (Å²) in [5.41, 5.74) is 3.71. The van der Waals surface area contributed by atoms with Gasteiger partial charge in [-0.1, -0.05) is 18.2 Å². The molecular weight excluding hydrogens is 458 g/mol. The Bertz CT molecular complexity index is 1170. The second kappa shape index (κ2) is 9.58. The first kappa shape index (κ1) is 24.3. The Morgan fingerprint density at radius 2 is 1.64 bits per heavy atom. The third-order valence-electron chi connectivity index (χ3n) is 7.05. The maximum Gasteiger partial charge on any atom is 0.414 e. The number of nitrogens with zero attached hydrogens (tertiary/aromatic N) is 3. The Labute approximate surface area is 211 Å². The Hall–Kier alpha value is -3.39. The number of rotatable bonds is 4. The summed E-state index contributed by atoms with van der Waals surface area (Å²) in [4.78, 5) is 44.0. The Morgan fingerprint density at radius 3 is 2.25 bits per heavy atom. The van der Waals surface area contributed by atoms with Gasteiger partial charge < -0.3 is 19.6 Å². The van der Waals surface area contributed by atoms with Gasteiger partial charge in [0.05, 0.1) is 29.6 Å². The van der Waals surface area contributed by atoms with Gasteiger partial charge in [-0.15, -0.1) is 0 Å². The number of amides is 3. The molecule has 0 spiro atoms. The quantitative estimate of drug-likeness (QED) is 0.697. The molecule has 2 heterocycles. The van der Waals surface area contributed by atoms with Crippen molar-refractivity contribution >= 4 is 29.3 Å². The van der Waals surface area contributed by atoms with Crippen molar-refractivity contribution in [3.8, 4) is 11.1 Å². The Balaban J connectivity index is 1.46. The van der Waals surface area contributed by atoms with Crippen LogP contribution >= 0.6 is 0 Å². The summed E-state index contributed by atoms with van der Waals surface area (Å²) in [6.45, 7) is 6.87. The SMILES string of the molecule is CC(C)OC(=O)N1C[C@H](C)N(C(=O)C2CC2)c2ccc(-c3ccc(C(=O)N4CC[C@H](O)C4)cc3)cc21. The summed E-state index contributed by atoms with van der Waals surface area (Å²) in [6, 6.07) is 13.0. The monoisotopic (exact) mass is 491 g/mol. The number of aliphatic hydroxyl groups is 1. The summed E-state index contributed by atoms with van der Waals surface area (Å²) in [7, 11) is 0. The van der Waals surface area contributed by atoms with Gasteiger partial charge in [-0.05, 0) is 75.4 Å². The lowest BCUT2D eigenvalue weighted by atomic mass is 9.99. The highest BCUT2D eigenvalue weighted by Gasteiger charge is 2.41. The fraction of sp³-hybridized carbons (Fsp3) is 0.464. The van der Waals surface area contributed by atoms with Gasteiger partial charge >= 0.3 is 6.09 Å². The lowest BCUT2D eigenvalue weighted by Gasteiger charge is -2.41. The van der Waals surface area contributed by atoms with E-state index in [0.717, 1.165) is 29.7 Å². The topological polar surface area (TPSA) is 90.4 Å². The summed E-state index contributed by atoms with van der Waals surface area (Å²) in [5.74, 6) is 0.0913. The van der Waals surface area contributed by atoms with E-state index >= 15 is 0 Å². The van der Waals surface area contributed by atoms with E-state index in [1.165, 1.54) is 0 Å². The molecule has 0 bridgehead atoms. The minimum atomic E-state index is -0.455. The van der Waals surface area contributed by atoms with Crippen molar-refractivity contribution in [1.29, 1.82) is 0 Å². The van der Waals surface area contributed by atoms with Crippen molar-refractivity contribution < 1.29 is 24.2 Å². The summed E-state index contributed by atoms with van der Waals surface area (Å²) in [5, 5.41) is 9.74. The van der Waals surface area contributed by atoms with Crippen LogP contribution in [0.15, 0.2) is 42.5 Å². The predicted molar refractivity (Wildman–Crippen MR) is 137 cm³/mol. The number of benzene rings is 2. The maximum atomic E-state index is 13.1. The van der Waals surface area contributed by atoms with Crippen molar-refractivity contribution in [1.82, 2.24) is 4.90 Å². The van der Waals surface area contributed by atoms with Gasteiger partial charge in [0.1, 0.15) is 0 Å². The molecule has 5 rings (SSSR count). The molecule has 3 aliphatic rings. The molecule has 0 radical (unpaired) electrons. The largest absolute Gasteiger partial charge is 0.446 e. The first-order valence-corrected chi connectivity index (χ1v) is 12.8. The van der Waals surface area contributed by atoms with Gasteiger partial charge in [-0.2, -0.15) is 0 Å². The van der Waals surface area contributed by atoms with Gasteiger partial charge in [-0.3, -0.25) is 14.5 Å². The molecule has 190 valence electrons. The molecular formula is C28H33N3O5. The Kier molecular flexibility index (Phi) is 6.47. The van der Waals surface area contributed by atoms with Crippen LogP contribution in [0.2, 0.25) is 0 Å². The summed E-state index contributed by atoms with van der Waals surface area (Å²) in [6.07, 6.45) is 1.29. The van der Waals surface area contributed by atoms with Gasteiger partial charge in [0.25, 0.3) is 5.91 Å². The van der Waals surface area contributed by atoms with Crippen molar-refractivity contribution in [3.63, 3.8) is 0 Å². The van der Waals surface area contributed by atoms with Gasteiger partial charge in [0.2, 0.25) is 5.91 Å². The van der Waals surface area contributed by atoms with E-state index in [0.29, 0.717) is 37.3 Å². The third-order valence-corrected chi connectivity index (χ3v) is 7.05. The first-order valence-electron chi connectivity index (χ1n) is 12.8. The molecule has 3 amide bonds. The number of anilines is 2. The summed E-state index contributed by atoms with van der Waals surface area (Å²) < 4.78 is 5.52. The molecule has 2 aromatic carbocycles. The molecule has 0 unspecified atom stereocenters. The van der Waals surface area contributed by atoms with Crippen LogP contribution in [0.5, 0.6) is 0 Å². The van der Waals surface area contributed by atoms with Crippen LogP contribution in [0.4, 0.5) is 16.2 Å². The van der Waals surface area contributed by atoms with Crippen molar-refractivity contribution in [2.24, 2.45) is 5.92 Å². The predicted octanol–water partition coefficient (Wildman–Crippen LogP) is 4.06. The Morgan fingerprint density at radius 1 is 0.944 bits per heavy atom. The number of aliphatic hydroxyl groups excluding tert-OH is 1. The zero-order valence-electron chi connectivity index (χ0n) is 21.0. The van der Waals surface area contributed by atoms with E-state index in [4.69, 9.17) is 4.74 Å². The number of fused-ring (bicyclic) bond motifs is 1.